The van der Waals surface area contributed by atoms with Gasteiger partial charge in [-0.15, -0.1) is 21.8 Å². The smallest absolute Gasteiger partial charge is 0.153 e. The Balaban J connectivity index is 1.92. The second kappa shape index (κ2) is 5.11. The van der Waals surface area contributed by atoms with Crippen LogP contribution in [0.25, 0.3) is 10.6 Å². The van der Waals surface area contributed by atoms with Crippen molar-refractivity contribution in [3.05, 3.63) is 52.9 Å². The summed E-state index contributed by atoms with van der Waals surface area (Å²) in [4.78, 5) is 0. The molecule has 96 valence electrons. The van der Waals surface area contributed by atoms with Crippen LogP contribution in [0.4, 0.5) is 0 Å². The van der Waals surface area contributed by atoms with Gasteiger partial charge >= 0.3 is 0 Å². The topological polar surface area (TPSA) is 51.8 Å². The lowest BCUT2D eigenvalue weighted by Crippen LogP contribution is -1.91. The monoisotopic (exact) mass is 291 g/mol. The first kappa shape index (κ1) is 12.3. The molecule has 3 rings (SSSR count). The number of aryl methyl sites for hydroxylation is 1. The van der Waals surface area contributed by atoms with Crippen LogP contribution in [-0.4, -0.2) is 15.4 Å². The molecule has 0 saturated heterocycles. The van der Waals surface area contributed by atoms with Crippen LogP contribution in [-0.2, 0) is 0 Å². The van der Waals surface area contributed by atoms with E-state index in [-0.39, 0.29) is 5.38 Å². The zero-order chi connectivity index (χ0) is 13.2. The second-order valence-electron chi connectivity index (χ2n) is 4.01. The van der Waals surface area contributed by atoms with E-state index >= 15 is 0 Å². The van der Waals surface area contributed by atoms with Gasteiger partial charge in [-0.2, -0.15) is 0 Å². The number of rotatable bonds is 3. The minimum atomic E-state index is -0.285. The van der Waals surface area contributed by atoms with Gasteiger partial charge < -0.3 is 4.52 Å². The Kier molecular flexibility index (Phi) is 3.31. The molecule has 0 N–H and O–H groups in total. The largest absolute Gasteiger partial charge is 0.361 e. The van der Waals surface area contributed by atoms with Crippen molar-refractivity contribution in [2.45, 2.75) is 12.3 Å². The van der Waals surface area contributed by atoms with Crippen molar-refractivity contribution in [1.29, 1.82) is 0 Å². The molecule has 0 saturated carbocycles. The number of hydrogen-bond acceptors (Lipinski definition) is 5. The standard InChI is InChI=1S/C13H10ClN3OS/c1-8-10(7-15-18-8)12-16-17-13(19-12)11(14)9-5-3-2-4-6-9/h2-7,11H,1H3. The third-order valence-corrected chi connectivity index (χ3v) is 4.34. The van der Waals surface area contributed by atoms with Crippen molar-refractivity contribution in [3.8, 4) is 10.6 Å². The molecule has 0 aliphatic rings. The van der Waals surface area contributed by atoms with Gasteiger partial charge in [-0.25, -0.2) is 0 Å². The third-order valence-electron chi connectivity index (χ3n) is 2.73. The minimum absolute atomic E-state index is 0.285. The molecule has 6 heteroatoms. The number of nitrogens with zero attached hydrogens (tertiary/aromatic N) is 3. The lowest BCUT2D eigenvalue weighted by Gasteiger charge is -2.04. The molecule has 0 amide bonds. The summed E-state index contributed by atoms with van der Waals surface area (Å²) in [5, 5.41) is 13.3. The van der Waals surface area contributed by atoms with Crippen molar-refractivity contribution in [2.75, 3.05) is 0 Å². The van der Waals surface area contributed by atoms with E-state index in [2.05, 4.69) is 15.4 Å². The lowest BCUT2D eigenvalue weighted by atomic mass is 10.1. The van der Waals surface area contributed by atoms with E-state index in [1.54, 1.807) is 6.20 Å². The van der Waals surface area contributed by atoms with Gasteiger partial charge in [-0.05, 0) is 12.5 Å². The first-order chi connectivity index (χ1) is 9.25. The van der Waals surface area contributed by atoms with Crippen molar-refractivity contribution >= 4 is 22.9 Å². The minimum Gasteiger partial charge on any atom is -0.361 e. The van der Waals surface area contributed by atoms with Crippen LogP contribution < -0.4 is 0 Å². The first-order valence-corrected chi connectivity index (χ1v) is 6.95. The number of alkyl halides is 1. The lowest BCUT2D eigenvalue weighted by molar-refractivity contribution is 0.398. The molecule has 0 fully saturated rings. The quantitative estimate of drug-likeness (QED) is 0.688. The summed E-state index contributed by atoms with van der Waals surface area (Å²) in [7, 11) is 0. The van der Waals surface area contributed by atoms with Crippen LogP contribution in [0.3, 0.4) is 0 Å². The average molecular weight is 292 g/mol. The SMILES string of the molecule is Cc1oncc1-c1nnc(C(Cl)c2ccccc2)s1. The molecule has 0 aliphatic heterocycles. The van der Waals surface area contributed by atoms with Gasteiger partial charge in [0.25, 0.3) is 0 Å². The van der Waals surface area contributed by atoms with Crippen LogP contribution in [0.15, 0.2) is 41.1 Å². The molecule has 1 unspecified atom stereocenters. The van der Waals surface area contributed by atoms with E-state index in [1.807, 2.05) is 37.3 Å². The highest BCUT2D eigenvalue weighted by atomic mass is 35.5. The predicted octanol–water partition coefficient (Wildman–Crippen LogP) is 3.83. The average Bonchev–Trinajstić information content (AvgIpc) is 3.07. The second-order valence-corrected chi connectivity index (χ2v) is 5.46. The summed E-state index contributed by atoms with van der Waals surface area (Å²) in [6.45, 7) is 1.85. The Bertz CT molecular complexity index is 680. The number of aromatic nitrogens is 3. The molecule has 0 spiro atoms. The van der Waals surface area contributed by atoms with Crippen LogP contribution in [0.5, 0.6) is 0 Å². The summed E-state index contributed by atoms with van der Waals surface area (Å²) in [5.41, 5.74) is 1.87. The maximum absolute atomic E-state index is 6.41. The normalized spacial score (nSPS) is 12.5. The molecule has 2 heterocycles. The van der Waals surface area contributed by atoms with Gasteiger partial charge in [0.15, 0.2) is 5.01 Å². The number of halogens is 1. The Morgan fingerprint density at radius 1 is 1.21 bits per heavy atom. The predicted molar refractivity (Wildman–Crippen MR) is 74.3 cm³/mol. The van der Waals surface area contributed by atoms with Crippen LogP contribution >= 0.6 is 22.9 Å². The van der Waals surface area contributed by atoms with Crippen molar-refractivity contribution < 1.29 is 4.52 Å². The summed E-state index contributed by atoms with van der Waals surface area (Å²) < 4.78 is 5.03. The Morgan fingerprint density at radius 2 is 2.00 bits per heavy atom. The highest BCUT2D eigenvalue weighted by molar-refractivity contribution is 7.15. The Labute approximate surface area is 119 Å². The van der Waals surface area contributed by atoms with Crippen molar-refractivity contribution in [3.63, 3.8) is 0 Å². The van der Waals surface area contributed by atoms with Gasteiger partial charge in [0.2, 0.25) is 0 Å². The van der Waals surface area contributed by atoms with Crippen molar-refractivity contribution in [1.82, 2.24) is 15.4 Å². The maximum atomic E-state index is 6.41. The Morgan fingerprint density at radius 3 is 2.68 bits per heavy atom. The van der Waals surface area contributed by atoms with Crippen molar-refractivity contribution in [2.24, 2.45) is 0 Å². The van der Waals surface area contributed by atoms with Crippen LogP contribution in [0.2, 0.25) is 0 Å². The molecular weight excluding hydrogens is 282 g/mol. The fourth-order valence-electron chi connectivity index (χ4n) is 1.71. The zero-order valence-electron chi connectivity index (χ0n) is 10.1. The third kappa shape index (κ3) is 2.39. The highest BCUT2D eigenvalue weighted by Crippen LogP contribution is 2.34. The van der Waals surface area contributed by atoms with E-state index in [0.717, 1.165) is 26.9 Å². The van der Waals surface area contributed by atoms with Gasteiger partial charge in [0, 0.05) is 0 Å². The summed E-state index contributed by atoms with van der Waals surface area (Å²) >= 11 is 7.87. The molecule has 1 aromatic carbocycles. The molecule has 2 aromatic heterocycles. The van der Waals surface area contributed by atoms with Gasteiger partial charge in [-0.3, -0.25) is 0 Å². The summed E-state index contributed by atoms with van der Waals surface area (Å²) in [6, 6.07) is 9.82. The summed E-state index contributed by atoms with van der Waals surface area (Å²) in [6.07, 6.45) is 1.64. The van der Waals surface area contributed by atoms with Gasteiger partial charge in [-0.1, -0.05) is 46.8 Å². The van der Waals surface area contributed by atoms with Gasteiger partial charge in [0.1, 0.15) is 16.1 Å². The molecule has 4 nitrogen and oxygen atoms in total. The fourth-order valence-corrected chi connectivity index (χ4v) is 2.94. The van der Waals surface area contributed by atoms with Gasteiger partial charge in [0.05, 0.1) is 11.8 Å². The van der Waals surface area contributed by atoms with Crippen LogP contribution in [0, 0.1) is 6.92 Å². The van der Waals surface area contributed by atoms with E-state index in [9.17, 15) is 0 Å². The maximum Gasteiger partial charge on any atom is 0.153 e. The molecule has 0 bridgehead atoms. The zero-order valence-corrected chi connectivity index (χ0v) is 11.6. The molecule has 0 aliphatic carbocycles. The number of hydrogen-bond donors (Lipinski definition) is 0. The molecule has 1 atom stereocenters. The van der Waals surface area contributed by atoms with Crippen LogP contribution in [0.1, 0.15) is 21.7 Å². The Hall–Kier alpha value is -1.72. The molecule has 0 radical (unpaired) electrons. The fraction of sp³-hybridized carbons (Fsp3) is 0.154. The van der Waals surface area contributed by atoms with E-state index in [4.69, 9.17) is 16.1 Å². The molecule has 19 heavy (non-hydrogen) atoms. The number of benzene rings is 1. The molecular formula is C13H10ClN3OS. The van der Waals surface area contributed by atoms with E-state index in [1.165, 1.54) is 11.3 Å². The van der Waals surface area contributed by atoms with E-state index < -0.39 is 0 Å². The molecule has 3 aromatic rings. The van der Waals surface area contributed by atoms with E-state index in [0.29, 0.717) is 0 Å². The first-order valence-electron chi connectivity index (χ1n) is 5.70. The summed E-state index contributed by atoms with van der Waals surface area (Å²) in [5.74, 6) is 0.730. The highest BCUT2D eigenvalue weighted by Gasteiger charge is 2.18.